The minimum Gasteiger partial charge on any atom is -0.496 e. The van der Waals surface area contributed by atoms with Crippen LogP contribution in [0, 0.1) is 0 Å². The van der Waals surface area contributed by atoms with Crippen molar-refractivity contribution in [1.29, 1.82) is 0 Å². The number of nitrogens with zero attached hydrogens (tertiary/aromatic N) is 3. The van der Waals surface area contributed by atoms with Crippen LogP contribution in [0.4, 0.5) is 5.82 Å². The number of hydrogen-bond donors (Lipinski definition) is 2. The van der Waals surface area contributed by atoms with Crippen LogP contribution in [0.1, 0.15) is 35.0 Å². The van der Waals surface area contributed by atoms with Gasteiger partial charge in [0.2, 0.25) is 0 Å². The lowest BCUT2D eigenvalue weighted by Crippen LogP contribution is -2.32. The zero-order valence-electron chi connectivity index (χ0n) is 17.7. The van der Waals surface area contributed by atoms with E-state index in [9.17, 15) is 0 Å². The summed E-state index contributed by atoms with van der Waals surface area (Å²) in [6, 6.07) is 3.99. The van der Waals surface area contributed by atoms with E-state index in [2.05, 4.69) is 21.6 Å². The number of anilines is 1. The van der Waals surface area contributed by atoms with E-state index in [1.54, 1.807) is 7.11 Å². The Morgan fingerprint density at radius 3 is 2.80 bits per heavy atom. The molecule has 0 aliphatic carbocycles. The van der Waals surface area contributed by atoms with Crippen LogP contribution in [0.2, 0.25) is 0 Å². The summed E-state index contributed by atoms with van der Waals surface area (Å²) >= 11 is 0. The average Bonchev–Trinajstić information content (AvgIpc) is 3.32. The Morgan fingerprint density at radius 2 is 2.07 bits per heavy atom. The normalized spacial score (nSPS) is 20.7. The number of nitrogens with one attached hydrogen (secondary N) is 2. The van der Waals surface area contributed by atoms with E-state index in [0.29, 0.717) is 19.1 Å². The quantitative estimate of drug-likeness (QED) is 0.773. The third kappa shape index (κ3) is 3.65. The summed E-state index contributed by atoms with van der Waals surface area (Å²) in [5, 5.41) is 6.72. The molecule has 1 saturated heterocycles. The fourth-order valence-electron chi connectivity index (χ4n) is 4.57. The van der Waals surface area contributed by atoms with E-state index in [4.69, 9.17) is 24.2 Å². The molecule has 3 aliphatic rings. The molecule has 3 aliphatic heterocycles. The van der Waals surface area contributed by atoms with Crippen LogP contribution in [-0.4, -0.2) is 61.9 Å². The van der Waals surface area contributed by atoms with Crippen LogP contribution in [-0.2, 0) is 19.5 Å². The minimum atomic E-state index is 0.399. The first-order valence-electron chi connectivity index (χ1n) is 10.7. The standard InChI is InChI=1S/C22H29N5O3/c1-23-22-16-4-6-27(13-17(16)25-21(26-22)14-3-5-24-11-14)12-15-9-19-20(10-18(15)28-2)30-8-7-29-19/h9-10,14,24H,3-8,11-13H2,1-2H3,(H,23,25,26)/t14-/m0/s1. The number of benzene rings is 1. The Labute approximate surface area is 176 Å². The highest BCUT2D eigenvalue weighted by Gasteiger charge is 2.27. The summed E-state index contributed by atoms with van der Waals surface area (Å²) in [6.07, 6.45) is 2.03. The number of ether oxygens (including phenoxy) is 3. The number of fused-ring (bicyclic) bond motifs is 2. The van der Waals surface area contributed by atoms with Crippen molar-refractivity contribution in [3.8, 4) is 17.2 Å². The molecule has 2 aromatic rings. The second-order valence-corrected chi connectivity index (χ2v) is 8.06. The Bertz CT molecular complexity index is 929. The summed E-state index contributed by atoms with van der Waals surface area (Å²) < 4.78 is 17.1. The lowest BCUT2D eigenvalue weighted by atomic mass is 10.0. The zero-order valence-corrected chi connectivity index (χ0v) is 17.7. The summed E-state index contributed by atoms with van der Waals surface area (Å²) in [4.78, 5) is 12.3. The third-order valence-corrected chi connectivity index (χ3v) is 6.16. The first-order valence-corrected chi connectivity index (χ1v) is 10.7. The number of rotatable bonds is 5. The number of aromatic nitrogens is 2. The lowest BCUT2D eigenvalue weighted by Gasteiger charge is -2.30. The lowest BCUT2D eigenvalue weighted by molar-refractivity contribution is 0.169. The Balaban J connectivity index is 1.40. The molecule has 0 spiro atoms. The largest absolute Gasteiger partial charge is 0.496 e. The van der Waals surface area contributed by atoms with Gasteiger partial charge in [-0.3, -0.25) is 4.90 Å². The highest BCUT2D eigenvalue weighted by Crippen LogP contribution is 2.38. The van der Waals surface area contributed by atoms with Crippen LogP contribution < -0.4 is 24.8 Å². The van der Waals surface area contributed by atoms with Crippen molar-refractivity contribution in [1.82, 2.24) is 20.2 Å². The van der Waals surface area contributed by atoms with E-state index >= 15 is 0 Å². The fourth-order valence-corrected chi connectivity index (χ4v) is 4.57. The molecule has 2 N–H and O–H groups in total. The molecule has 0 saturated carbocycles. The molecule has 0 unspecified atom stereocenters. The maximum Gasteiger partial charge on any atom is 0.165 e. The highest BCUT2D eigenvalue weighted by atomic mass is 16.6. The van der Waals surface area contributed by atoms with Crippen molar-refractivity contribution in [3.05, 3.63) is 34.8 Å². The van der Waals surface area contributed by atoms with Gasteiger partial charge in [-0.05, 0) is 25.5 Å². The molecule has 0 bridgehead atoms. The van der Waals surface area contributed by atoms with Crippen molar-refractivity contribution in [2.75, 3.05) is 52.3 Å². The Hall–Kier alpha value is -2.58. The van der Waals surface area contributed by atoms with Gasteiger partial charge in [0.25, 0.3) is 0 Å². The van der Waals surface area contributed by atoms with Gasteiger partial charge in [-0.1, -0.05) is 0 Å². The molecular formula is C22H29N5O3. The molecule has 8 heteroatoms. The van der Waals surface area contributed by atoms with Crippen molar-refractivity contribution in [2.45, 2.75) is 31.8 Å². The Morgan fingerprint density at radius 1 is 1.23 bits per heavy atom. The van der Waals surface area contributed by atoms with Gasteiger partial charge in [0.1, 0.15) is 30.6 Å². The first kappa shape index (κ1) is 19.4. The van der Waals surface area contributed by atoms with Gasteiger partial charge in [0.05, 0.1) is 12.8 Å². The average molecular weight is 412 g/mol. The molecule has 160 valence electrons. The van der Waals surface area contributed by atoms with Crippen molar-refractivity contribution in [3.63, 3.8) is 0 Å². The fraction of sp³-hybridized carbons (Fsp3) is 0.545. The molecule has 0 radical (unpaired) electrons. The topological polar surface area (TPSA) is 80.8 Å². The molecule has 8 nitrogen and oxygen atoms in total. The molecule has 4 heterocycles. The van der Waals surface area contributed by atoms with E-state index < -0.39 is 0 Å². The van der Waals surface area contributed by atoms with Gasteiger partial charge in [-0.25, -0.2) is 9.97 Å². The van der Waals surface area contributed by atoms with Crippen LogP contribution in [0.25, 0.3) is 0 Å². The van der Waals surface area contributed by atoms with Gasteiger partial charge in [-0.15, -0.1) is 0 Å². The van der Waals surface area contributed by atoms with Crippen LogP contribution in [0.3, 0.4) is 0 Å². The zero-order chi connectivity index (χ0) is 20.5. The van der Waals surface area contributed by atoms with Crippen molar-refractivity contribution in [2.24, 2.45) is 0 Å². The maximum atomic E-state index is 5.78. The van der Waals surface area contributed by atoms with E-state index in [0.717, 1.165) is 85.7 Å². The molecule has 0 amide bonds. The summed E-state index contributed by atoms with van der Waals surface area (Å²) in [5.41, 5.74) is 3.49. The molecular weight excluding hydrogens is 382 g/mol. The SMILES string of the molecule is CNc1nc([C@H]2CCNC2)nc2c1CCN(Cc1cc3c(cc1OC)OCCO3)C2. The second kappa shape index (κ2) is 8.28. The predicted molar refractivity (Wildman–Crippen MR) is 114 cm³/mol. The molecule has 1 aromatic heterocycles. The number of methoxy groups -OCH3 is 1. The summed E-state index contributed by atoms with van der Waals surface area (Å²) in [6.45, 7) is 5.68. The van der Waals surface area contributed by atoms with Crippen molar-refractivity contribution >= 4 is 5.82 Å². The van der Waals surface area contributed by atoms with Crippen LogP contribution >= 0.6 is 0 Å². The summed E-state index contributed by atoms with van der Waals surface area (Å²) in [5.74, 6) is 4.73. The monoisotopic (exact) mass is 411 g/mol. The minimum absolute atomic E-state index is 0.399. The van der Waals surface area contributed by atoms with E-state index in [1.807, 2.05) is 13.1 Å². The van der Waals surface area contributed by atoms with Crippen LogP contribution in [0.5, 0.6) is 17.2 Å². The van der Waals surface area contributed by atoms with Crippen LogP contribution in [0.15, 0.2) is 12.1 Å². The first-order chi connectivity index (χ1) is 14.7. The van der Waals surface area contributed by atoms with Gasteiger partial charge in [-0.2, -0.15) is 0 Å². The van der Waals surface area contributed by atoms with E-state index in [1.165, 1.54) is 5.56 Å². The molecule has 1 aromatic carbocycles. The molecule has 5 rings (SSSR count). The predicted octanol–water partition coefficient (Wildman–Crippen LogP) is 1.93. The third-order valence-electron chi connectivity index (χ3n) is 6.16. The number of hydrogen-bond acceptors (Lipinski definition) is 8. The molecule has 1 atom stereocenters. The van der Waals surface area contributed by atoms with E-state index in [-0.39, 0.29) is 0 Å². The molecule has 30 heavy (non-hydrogen) atoms. The van der Waals surface area contributed by atoms with Gasteiger partial charge >= 0.3 is 0 Å². The van der Waals surface area contributed by atoms with Gasteiger partial charge in [0.15, 0.2) is 11.5 Å². The second-order valence-electron chi connectivity index (χ2n) is 8.06. The Kier molecular flexibility index (Phi) is 5.35. The maximum absolute atomic E-state index is 5.78. The smallest absolute Gasteiger partial charge is 0.165 e. The van der Waals surface area contributed by atoms with Crippen molar-refractivity contribution < 1.29 is 14.2 Å². The van der Waals surface area contributed by atoms with Gasteiger partial charge < -0.3 is 24.8 Å². The highest BCUT2D eigenvalue weighted by molar-refractivity contribution is 5.52. The van der Waals surface area contributed by atoms with Gasteiger partial charge in [0, 0.05) is 56.3 Å². The molecule has 1 fully saturated rings. The summed E-state index contributed by atoms with van der Waals surface area (Å²) in [7, 11) is 3.65.